The Bertz CT molecular complexity index is 358. The second kappa shape index (κ2) is 5.71. The molecule has 2 N–H and O–H groups in total. The summed E-state index contributed by atoms with van der Waals surface area (Å²) in [5, 5.41) is 0. The van der Waals surface area contributed by atoms with Crippen LogP contribution >= 0.6 is 0 Å². The van der Waals surface area contributed by atoms with Crippen molar-refractivity contribution in [3.05, 3.63) is 30.3 Å². The molecule has 3 nitrogen and oxygen atoms in total. The molecular weight excluding hydrogens is 212 g/mol. The fourth-order valence-corrected chi connectivity index (χ4v) is 2.61. The normalized spacial score (nSPS) is 16.7. The van der Waals surface area contributed by atoms with Crippen molar-refractivity contribution >= 4 is 11.6 Å². The van der Waals surface area contributed by atoms with Crippen LogP contribution in [0.15, 0.2) is 30.3 Å². The lowest BCUT2D eigenvalue weighted by Gasteiger charge is -2.35. The Kier molecular flexibility index (Phi) is 4.02. The highest BCUT2D eigenvalue weighted by Crippen LogP contribution is 2.26. The highest BCUT2D eigenvalue weighted by Gasteiger charge is 2.22. The largest absolute Gasteiger partial charge is 0.368 e. The smallest absolute Gasteiger partial charge is 0.236 e. The molecule has 0 radical (unpaired) electrons. The molecule has 1 amide bonds. The van der Waals surface area contributed by atoms with Crippen molar-refractivity contribution in [3.8, 4) is 0 Å². The summed E-state index contributed by atoms with van der Waals surface area (Å²) in [7, 11) is 0. The van der Waals surface area contributed by atoms with Gasteiger partial charge in [-0.2, -0.15) is 0 Å². The van der Waals surface area contributed by atoms with Crippen LogP contribution in [0.3, 0.4) is 0 Å². The zero-order valence-corrected chi connectivity index (χ0v) is 10.1. The third-order valence-corrected chi connectivity index (χ3v) is 3.43. The van der Waals surface area contributed by atoms with Crippen LogP contribution in [0.25, 0.3) is 0 Å². The van der Waals surface area contributed by atoms with Crippen LogP contribution in [-0.4, -0.2) is 18.5 Å². The molecule has 0 aromatic heterocycles. The van der Waals surface area contributed by atoms with Gasteiger partial charge in [-0.25, -0.2) is 0 Å². The van der Waals surface area contributed by atoms with Crippen molar-refractivity contribution in [1.82, 2.24) is 0 Å². The molecule has 17 heavy (non-hydrogen) atoms. The maximum Gasteiger partial charge on any atom is 0.236 e. The quantitative estimate of drug-likeness (QED) is 0.866. The molecular formula is C14H20N2O. The Balaban J connectivity index is 2.15. The Labute approximate surface area is 103 Å². The maximum absolute atomic E-state index is 11.2. The summed E-state index contributed by atoms with van der Waals surface area (Å²) >= 11 is 0. The molecule has 0 aliphatic heterocycles. The number of hydrogen-bond acceptors (Lipinski definition) is 2. The first kappa shape index (κ1) is 12.0. The number of para-hydroxylation sites is 1. The molecule has 0 heterocycles. The van der Waals surface area contributed by atoms with Crippen molar-refractivity contribution in [3.63, 3.8) is 0 Å². The Morgan fingerprint density at radius 2 is 1.82 bits per heavy atom. The van der Waals surface area contributed by atoms with Gasteiger partial charge in [-0.3, -0.25) is 4.79 Å². The zero-order valence-electron chi connectivity index (χ0n) is 10.1. The van der Waals surface area contributed by atoms with Crippen LogP contribution in [0.1, 0.15) is 32.1 Å². The number of carbonyl (C=O) groups excluding carboxylic acids is 1. The van der Waals surface area contributed by atoms with E-state index in [2.05, 4.69) is 17.0 Å². The average molecular weight is 232 g/mol. The summed E-state index contributed by atoms with van der Waals surface area (Å²) in [5.41, 5.74) is 6.47. The van der Waals surface area contributed by atoms with Gasteiger partial charge in [0, 0.05) is 11.7 Å². The lowest BCUT2D eigenvalue weighted by molar-refractivity contribution is -0.116. The van der Waals surface area contributed by atoms with E-state index < -0.39 is 0 Å². The monoisotopic (exact) mass is 232 g/mol. The number of primary amides is 1. The zero-order chi connectivity index (χ0) is 12.1. The second-order valence-electron chi connectivity index (χ2n) is 4.72. The molecule has 0 spiro atoms. The molecule has 1 aromatic carbocycles. The van der Waals surface area contributed by atoms with Gasteiger partial charge in [-0.05, 0) is 25.0 Å². The van der Waals surface area contributed by atoms with E-state index in [1.54, 1.807) is 0 Å². The predicted molar refractivity (Wildman–Crippen MR) is 69.9 cm³/mol. The first-order valence-corrected chi connectivity index (χ1v) is 6.37. The van der Waals surface area contributed by atoms with E-state index in [4.69, 9.17) is 5.73 Å². The molecule has 2 rings (SSSR count). The van der Waals surface area contributed by atoms with Crippen LogP contribution in [-0.2, 0) is 4.79 Å². The second-order valence-corrected chi connectivity index (χ2v) is 4.72. The van der Waals surface area contributed by atoms with Gasteiger partial charge < -0.3 is 10.6 Å². The standard InChI is InChI=1S/C14H20N2O/c15-14(17)11-16(12-7-3-1-4-8-12)13-9-5-2-6-10-13/h1,3-4,7-8,13H,2,5-6,9-11H2,(H2,15,17). The molecule has 1 fully saturated rings. The van der Waals surface area contributed by atoms with E-state index in [1.165, 1.54) is 32.1 Å². The number of anilines is 1. The van der Waals surface area contributed by atoms with Gasteiger partial charge in [0.1, 0.15) is 0 Å². The summed E-state index contributed by atoms with van der Waals surface area (Å²) in [4.78, 5) is 13.4. The predicted octanol–water partition coefficient (Wildman–Crippen LogP) is 2.31. The summed E-state index contributed by atoms with van der Waals surface area (Å²) in [6, 6.07) is 10.6. The number of carbonyl (C=O) groups is 1. The molecule has 1 aliphatic rings. The summed E-state index contributed by atoms with van der Waals surface area (Å²) in [5.74, 6) is -0.251. The number of nitrogens with zero attached hydrogens (tertiary/aromatic N) is 1. The van der Waals surface area contributed by atoms with E-state index >= 15 is 0 Å². The number of rotatable bonds is 4. The van der Waals surface area contributed by atoms with Crippen LogP contribution in [0.5, 0.6) is 0 Å². The minimum atomic E-state index is -0.251. The number of hydrogen-bond donors (Lipinski definition) is 1. The number of benzene rings is 1. The molecule has 92 valence electrons. The van der Waals surface area contributed by atoms with E-state index in [-0.39, 0.29) is 5.91 Å². The fraction of sp³-hybridized carbons (Fsp3) is 0.500. The summed E-state index contributed by atoms with van der Waals surface area (Å²) < 4.78 is 0. The van der Waals surface area contributed by atoms with Gasteiger partial charge in [0.2, 0.25) is 5.91 Å². The van der Waals surface area contributed by atoms with E-state index in [9.17, 15) is 4.79 Å². The Hall–Kier alpha value is -1.51. The van der Waals surface area contributed by atoms with Crippen LogP contribution < -0.4 is 10.6 Å². The number of amides is 1. The lowest BCUT2D eigenvalue weighted by atomic mass is 9.93. The first-order valence-electron chi connectivity index (χ1n) is 6.37. The molecule has 1 aliphatic carbocycles. The number of nitrogens with two attached hydrogens (primary N) is 1. The van der Waals surface area contributed by atoms with Crippen molar-refractivity contribution in [2.24, 2.45) is 5.73 Å². The Morgan fingerprint density at radius 3 is 2.41 bits per heavy atom. The van der Waals surface area contributed by atoms with Gasteiger partial charge in [-0.1, -0.05) is 37.5 Å². The highest BCUT2D eigenvalue weighted by atomic mass is 16.1. The first-order chi connectivity index (χ1) is 8.27. The van der Waals surface area contributed by atoms with E-state index in [1.807, 2.05) is 18.2 Å². The minimum Gasteiger partial charge on any atom is -0.368 e. The van der Waals surface area contributed by atoms with Gasteiger partial charge in [0.25, 0.3) is 0 Å². The molecule has 0 bridgehead atoms. The average Bonchev–Trinajstić information content (AvgIpc) is 2.38. The summed E-state index contributed by atoms with van der Waals surface area (Å²) in [6.45, 7) is 0.328. The minimum absolute atomic E-state index is 0.251. The van der Waals surface area contributed by atoms with Crippen molar-refractivity contribution in [2.45, 2.75) is 38.1 Å². The molecule has 1 saturated carbocycles. The molecule has 3 heteroatoms. The van der Waals surface area contributed by atoms with Gasteiger partial charge in [-0.15, -0.1) is 0 Å². The van der Waals surface area contributed by atoms with Crippen molar-refractivity contribution in [1.29, 1.82) is 0 Å². The fourth-order valence-electron chi connectivity index (χ4n) is 2.61. The molecule has 1 aromatic rings. The topological polar surface area (TPSA) is 46.3 Å². The SMILES string of the molecule is NC(=O)CN(c1ccccc1)C1CCCCC1. The van der Waals surface area contributed by atoms with E-state index in [0.717, 1.165) is 5.69 Å². The van der Waals surface area contributed by atoms with Gasteiger partial charge >= 0.3 is 0 Å². The third-order valence-electron chi connectivity index (χ3n) is 3.43. The van der Waals surface area contributed by atoms with Crippen LogP contribution in [0.2, 0.25) is 0 Å². The lowest BCUT2D eigenvalue weighted by Crippen LogP contribution is -2.42. The van der Waals surface area contributed by atoms with Crippen molar-refractivity contribution < 1.29 is 4.79 Å². The maximum atomic E-state index is 11.2. The Morgan fingerprint density at radius 1 is 1.18 bits per heavy atom. The van der Waals surface area contributed by atoms with Crippen molar-refractivity contribution in [2.75, 3.05) is 11.4 Å². The van der Waals surface area contributed by atoms with Crippen LogP contribution in [0.4, 0.5) is 5.69 Å². The van der Waals surface area contributed by atoms with E-state index in [0.29, 0.717) is 12.6 Å². The highest BCUT2D eigenvalue weighted by molar-refractivity contribution is 5.79. The third kappa shape index (κ3) is 3.22. The van der Waals surface area contributed by atoms with Gasteiger partial charge in [0.05, 0.1) is 6.54 Å². The van der Waals surface area contributed by atoms with Crippen LogP contribution in [0, 0.1) is 0 Å². The summed E-state index contributed by atoms with van der Waals surface area (Å²) in [6.07, 6.45) is 6.17. The van der Waals surface area contributed by atoms with Gasteiger partial charge in [0.15, 0.2) is 0 Å². The molecule has 0 atom stereocenters. The molecule has 0 unspecified atom stereocenters. The molecule has 0 saturated heterocycles.